The molecule has 0 saturated heterocycles. The molecule has 1 aromatic carbocycles. The molecule has 1 amide bonds. The van der Waals surface area contributed by atoms with E-state index in [0.717, 1.165) is 5.56 Å². The summed E-state index contributed by atoms with van der Waals surface area (Å²) in [4.78, 5) is 15.7. The second-order valence-corrected chi connectivity index (χ2v) is 3.71. The van der Waals surface area contributed by atoms with Gasteiger partial charge in [-0.05, 0) is 29.8 Å². The lowest BCUT2D eigenvalue weighted by Gasteiger charge is -2.05. The molecule has 0 spiro atoms. The van der Waals surface area contributed by atoms with Crippen molar-refractivity contribution in [3.05, 3.63) is 65.5 Å². The maximum absolute atomic E-state index is 11.8. The van der Waals surface area contributed by atoms with E-state index in [1.807, 2.05) is 24.3 Å². The molecule has 4 heteroatoms. The Morgan fingerprint density at radius 1 is 1.28 bits per heavy atom. The highest BCUT2D eigenvalue weighted by atomic mass is 16.1. The Hall–Kier alpha value is -2.67. The van der Waals surface area contributed by atoms with Crippen LogP contribution < -0.4 is 5.32 Å². The van der Waals surface area contributed by atoms with Crippen molar-refractivity contribution in [2.45, 2.75) is 6.54 Å². The van der Waals surface area contributed by atoms with Gasteiger partial charge in [0.2, 0.25) is 0 Å². The number of hydrogen-bond acceptors (Lipinski definition) is 3. The molecule has 18 heavy (non-hydrogen) atoms. The number of nitriles is 1. The first kappa shape index (κ1) is 11.8. The third-order valence-corrected chi connectivity index (χ3v) is 2.43. The smallest absolute Gasteiger partial charge is 0.251 e. The molecule has 1 heterocycles. The Labute approximate surface area is 105 Å². The molecule has 1 N–H and O–H groups in total. The molecule has 88 valence electrons. The summed E-state index contributed by atoms with van der Waals surface area (Å²) >= 11 is 0. The van der Waals surface area contributed by atoms with Crippen LogP contribution in [0.25, 0.3) is 0 Å². The first-order valence-electron chi connectivity index (χ1n) is 5.48. The molecule has 0 aliphatic heterocycles. The zero-order valence-electron chi connectivity index (χ0n) is 9.63. The largest absolute Gasteiger partial charge is 0.348 e. The van der Waals surface area contributed by atoms with Crippen LogP contribution in [0.4, 0.5) is 0 Å². The SMILES string of the molecule is N#Cc1cc(CNC(=O)c2ccccc2)ccn1. The molecule has 2 aromatic rings. The van der Waals surface area contributed by atoms with Crippen LogP contribution in [0.15, 0.2) is 48.7 Å². The average Bonchev–Trinajstić information content (AvgIpc) is 2.46. The fourth-order valence-corrected chi connectivity index (χ4v) is 1.52. The van der Waals surface area contributed by atoms with E-state index in [0.29, 0.717) is 17.8 Å². The predicted molar refractivity (Wildman–Crippen MR) is 66.6 cm³/mol. The third kappa shape index (κ3) is 2.92. The van der Waals surface area contributed by atoms with Gasteiger partial charge in [-0.15, -0.1) is 0 Å². The number of carbonyl (C=O) groups excluding carboxylic acids is 1. The Morgan fingerprint density at radius 3 is 2.78 bits per heavy atom. The van der Waals surface area contributed by atoms with Crippen LogP contribution in [0.1, 0.15) is 21.6 Å². The highest BCUT2D eigenvalue weighted by Crippen LogP contribution is 2.02. The summed E-state index contributed by atoms with van der Waals surface area (Å²) in [5.74, 6) is -0.133. The number of pyridine rings is 1. The average molecular weight is 237 g/mol. The van der Waals surface area contributed by atoms with Crippen LogP contribution in [0.2, 0.25) is 0 Å². The normalized spacial score (nSPS) is 9.50. The topological polar surface area (TPSA) is 65.8 Å². The summed E-state index contributed by atoms with van der Waals surface area (Å²) in [6, 6.07) is 14.4. The number of rotatable bonds is 3. The number of nitrogens with zero attached hydrogens (tertiary/aromatic N) is 2. The number of hydrogen-bond donors (Lipinski definition) is 1. The first-order chi connectivity index (χ1) is 8.79. The lowest BCUT2D eigenvalue weighted by atomic mass is 10.2. The summed E-state index contributed by atoms with van der Waals surface area (Å²) in [6.45, 7) is 0.380. The van der Waals surface area contributed by atoms with E-state index in [-0.39, 0.29) is 5.91 Å². The van der Waals surface area contributed by atoms with Gasteiger partial charge in [0.25, 0.3) is 5.91 Å². The number of benzene rings is 1. The number of aromatic nitrogens is 1. The summed E-state index contributed by atoms with van der Waals surface area (Å²) < 4.78 is 0. The molecule has 0 bridgehead atoms. The van der Waals surface area contributed by atoms with Crippen molar-refractivity contribution >= 4 is 5.91 Å². The standard InChI is InChI=1S/C14H11N3O/c15-9-13-8-11(6-7-16-13)10-17-14(18)12-4-2-1-3-5-12/h1-8H,10H2,(H,17,18). The molecule has 4 nitrogen and oxygen atoms in total. The zero-order chi connectivity index (χ0) is 12.8. The van der Waals surface area contributed by atoms with Crippen LogP contribution in [-0.4, -0.2) is 10.9 Å². The number of carbonyl (C=O) groups is 1. The van der Waals surface area contributed by atoms with Crippen molar-refractivity contribution in [3.8, 4) is 6.07 Å². The van der Waals surface area contributed by atoms with Gasteiger partial charge in [0.05, 0.1) is 0 Å². The second kappa shape index (κ2) is 5.60. The van der Waals surface area contributed by atoms with E-state index in [4.69, 9.17) is 5.26 Å². The van der Waals surface area contributed by atoms with Gasteiger partial charge in [0.15, 0.2) is 0 Å². The lowest BCUT2D eigenvalue weighted by Crippen LogP contribution is -2.22. The quantitative estimate of drug-likeness (QED) is 0.886. The van der Waals surface area contributed by atoms with Crippen molar-refractivity contribution < 1.29 is 4.79 Å². The third-order valence-electron chi connectivity index (χ3n) is 2.43. The minimum absolute atomic E-state index is 0.133. The fourth-order valence-electron chi connectivity index (χ4n) is 1.52. The van der Waals surface area contributed by atoms with Crippen molar-refractivity contribution in [2.75, 3.05) is 0 Å². The Kier molecular flexibility index (Phi) is 3.67. The second-order valence-electron chi connectivity index (χ2n) is 3.71. The van der Waals surface area contributed by atoms with E-state index >= 15 is 0 Å². The monoisotopic (exact) mass is 237 g/mol. The summed E-state index contributed by atoms with van der Waals surface area (Å²) in [5.41, 5.74) is 1.82. The van der Waals surface area contributed by atoms with Gasteiger partial charge in [-0.2, -0.15) is 5.26 Å². The highest BCUT2D eigenvalue weighted by Gasteiger charge is 2.04. The maximum Gasteiger partial charge on any atom is 0.251 e. The lowest BCUT2D eigenvalue weighted by molar-refractivity contribution is 0.0951. The molecule has 0 aliphatic carbocycles. The van der Waals surface area contributed by atoms with E-state index in [2.05, 4.69) is 10.3 Å². The van der Waals surface area contributed by atoms with E-state index in [1.165, 1.54) is 0 Å². The maximum atomic E-state index is 11.8. The highest BCUT2D eigenvalue weighted by molar-refractivity contribution is 5.94. The van der Waals surface area contributed by atoms with Gasteiger partial charge in [0, 0.05) is 18.3 Å². The molecular weight excluding hydrogens is 226 g/mol. The van der Waals surface area contributed by atoms with Crippen LogP contribution in [-0.2, 0) is 6.54 Å². The van der Waals surface area contributed by atoms with Gasteiger partial charge in [-0.3, -0.25) is 4.79 Å². The Morgan fingerprint density at radius 2 is 2.06 bits per heavy atom. The Bertz CT molecular complexity index is 587. The molecular formula is C14H11N3O. The number of amides is 1. The van der Waals surface area contributed by atoms with Crippen molar-refractivity contribution in [2.24, 2.45) is 0 Å². The van der Waals surface area contributed by atoms with Gasteiger partial charge in [-0.25, -0.2) is 4.98 Å². The van der Waals surface area contributed by atoms with Crippen molar-refractivity contribution in [1.82, 2.24) is 10.3 Å². The minimum Gasteiger partial charge on any atom is -0.348 e. The molecule has 0 saturated carbocycles. The first-order valence-corrected chi connectivity index (χ1v) is 5.48. The van der Waals surface area contributed by atoms with Gasteiger partial charge in [-0.1, -0.05) is 18.2 Å². The zero-order valence-corrected chi connectivity index (χ0v) is 9.63. The molecule has 0 aliphatic rings. The van der Waals surface area contributed by atoms with Crippen LogP contribution in [0.3, 0.4) is 0 Å². The molecule has 0 unspecified atom stereocenters. The van der Waals surface area contributed by atoms with Crippen LogP contribution in [0.5, 0.6) is 0 Å². The number of nitrogens with one attached hydrogen (secondary N) is 1. The fraction of sp³-hybridized carbons (Fsp3) is 0.0714. The van der Waals surface area contributed by atoms with Gasteiger partial charge < -0.3 is 5.32 Å². The van der Waals surface area contributed by atoms with E-state index in [9.17, 15) is 4.79 Å². The van der Waals surface area contributed by atoms with E-state index in [1.54, 1.807) is 30.5 Å². The predicted octanol–water partition coefficient (Wildman–Crippen LogP) is 1.88. The van der Waals surface area contributed by atoms with Crippen molar-refractivity contribution in [1.29, 1.82) is 5.26 Å². The molecule has 1 aromatic heterocycles. The molecule has 0 fully saturated rings. The minimum atomic E-state index is -0.133. The summed E-state index contributed by atoms with van der Waals surface area (Å²) in [6.07, 6.45) is 1.56. The van der Waals surface area contributed by atoms with Crippen molar-refractivity contribution in [3.63, 3.8) is 0 Å². The van der Waals surface area contributed by atoms with E-state index < -0.39 is 0 Å². The molecule has 2 rings (SSSR count). The molecule has 0 radical (unpaired) electrons. The Balaban J connectivity index is 2.00. The van der Waals surface area contributed by atoms with Gasteiger partial charge in [0.1, 0.15) is 11.8 Å². The molecule has 0 atom stereocenters. The van der Waals surface area contributed by atoms with Gasteiger partial charge >= 0.3 is 0 Å². The summed E-state index contributed by atoms with van der Waals surface area (Å²) in [7, 11) is 0. The summed E-state index contributed by atoms with van der Waals surface area (Å²) in [5, 5.41) is 11.5. The van der Waals surface area contributed by atoms with Crippen LogP contribution >= 0.6 is 0 Å². The van der Waals surface area contributed by atoms with Crippen LogP contribution in [0, 0.1) is 11.3 Å².